The average molecular weight is 276 g/mol. The third-order valence-electron chi connectivity index (χ3n) is 1.40. The highest BCUT2D eigenvalue weighted by Crippen LogP contribution is 2.07. The number of H-pyrrole nitrogens is 1. The number of alkyl carbamates (subject to hydrolysis) is 1. The molecule has 15 heavy (non-hydrogen) atoms. The molecule has 0 bridgehead atoms. The predicted molar refractivity (Wildman–Crippen MR) is 59.4 cm³/mol. The number of nitrogens with one attached hydrogen (secondary N) is 2. The molecular weight excluding hydrogens is 262 g/mol. The Bertz CT molecular complexity index is 343. The average Bonchev–Trinajstić information content (AvgIpc) is 2.45. The highest BCUT2D eigenvalue weighted by atomic mass is 79.9. The Kier molecular flexibility index (Phi) is 3.73. The Hall–Kier alpha value is -1.04. The van der Waals surface area contributed by atoms with E-state index >= 15 is 0 Å². The lowest BCUT2D eigenvalue weighted by Gasteiger charge is -2.19. The quantitative estimate of drug-likeness (QED) is 0.870. The molecule has 1 rings (SSSR count). The van der Waals surface area contributed by atoms with Crippen molar-refractivity contribution in [3.8, 4) is 0 Å². The molecule has 0 fully saturated rings. The number of rotatable bonds is 2. The highest BCUT2D eigenvalue weighted by Gasteiger charge is 2.15. The van der Waals surface area contributed by atoms with Crippen LogP contribution in [0.2, 0.25) is 0 Å². The zero-order valence-corrected chi connectivity index (χ0v) is 10.5. The third-order valence-corrected chi connectivity index (χ3v) is 1.80. The molecule has 0 unspecified atom stereocenters. The fourth-order valence-corrected chi connectivity index (χ4v) is 1.23. The first kappa shape index (κ1) is 12.0. The van der Waals surface area contributed by atoms with Crippen molar-refractivity contribution in [3.63, 3.8) is 0 Å². The number of nitrogens with zero attached hydrogens (tertiary/aromatic N) is 1. The minimum atomic E-state index is -0.478. The Morgan fingerprint density at radius 3 is 2.80 bits per heavy atom. The number of ether oxygens (including phenoxy) is 1. The smallest absolute Gasteiger partial charge is 0.408 e. The molecule has 6 heteroatoms. The molecule has 5 nitrogen and oxygen atoms in total. The number of aromatic nitrogens is 2. The van der Waals surface area contributed by atoms with Crippen molar-refractivity contribution in [1.29, 1.82) is 0 Å². The molecular formula is C9H14BrN3O2. The second-order valence-corrected chi connectivity index (χ2v) is 4.89. The van der Waals surface area contributed by atoms with Crippen LogP contribution in [0.25, 0.3) is 0 Å². The summed E-state index contributed by atoms with van der Waals surface area (Å²) >= 11 is 3.23. The van der Waals surface area contributed by atoms with E-state index in [0.717, 1.165) is 4.60 Å². The molecule has 0 aromatic carbocycles. The van der Waals surface area contributed by atoms with Crippen LogP contribution in [0.5, 0.6) is 0 Å². The normalized spacial score (nSPS) is 11.2. The van der Waals surface area contributed by atoms with Crippen LogP contribution in [0.3, 0.4) is 0 Å². The zero-order chi connectivity index (χ0) is 11.5. The standard InChI is InChI=1S/C9H14BrN3O2/c1-9(2,3)15-8(14)12-5-7-11-4-6(10)13-7/h4H,5H2,1-3H3,(H,11,13)(H,12,14). The molecule has 1 aromatic rings. The number of aromatic amines is 1. The fourth-order valence-electron chi connectivity index (χ4n) is 0.897. The van der Waals surface area contributed by atoms with Crippen LogP contribution in [0.1, 0.15) is 26.6 Å². The Labute approximate surface area is 96.7 Å². The van der Waals surface area contributed by atoms with Crippen LogP contribution in [0, 0.1) is 0 Å². The van der Waals surface area contributed by atoms with Crippen molar-refractivity contribution < 1.29 is 9.53 Å². The molecule has 0 aliphatic rings. The summed E-state index contributed by atoms with van der Waals surface area (Å²) in [6, 6.07) is 0. The lowest BCUT2D eigenvalue weighted by molar-refractivity contribution is 0.0522. The van der Waals surface area contributed by atoms with Gasteiger partial charge in [-0.05, 0) is 36.7 Å². The van der Waals surface area contributed by atoms with Gasteiger partial charge in [0, 0.05) is 0 Å². The molecule has 1 heterocycles. The largest absolute Gasteiger partial charge is 0.444 e. The van der Waals surface area contributed by atoms with Crippen molar-refractivity contribution in [2.45, 2.75) is 32.9 Å². The van der Waals surface area contributed by atoms with E-state index in [1.165, 1.54) is 0 Å². The molecule has 84 valence electrons. The number of hydrogen-bond donors (Lipinski definition) is 2. The van der Waals surface area contributed by atoms with E-state index in [1.807, 2.05) is 20.8 Å². The van der Waals surface area contributed by atoms with Crippen molar-refractivity contribution in [1.82, 2.24) is 15.3 Å². The monoisotopic (exact) mass is 275 g/mol. The summed E-state index contributed by atoms with van der Waals surface area (Å²) in [6.07, 6.45) is 1.18. The van der Waals surface area contributed by atoms with E-state index in [-0.39, 0.29) is 0 Å². The summed E-state index contributed by atoms with van der Waals surface area (Å²) in [4.78, 5) is 18.2. The molecule has 2 N–H and O–H groups in total. The highest BCUT2D eigenvalue weighted by molar-refractivity contribution is 9.10. The fraction of sp³-hybridized carbons (Fsp3) is 0.556. The van der Waals surface area contributed by atoms with Gasteiger partial charge in [0.25, 0.3) is 0 Å². The van der Waals surface area contributed by atoms with E-state index < -0.39 is 11.7 Å². The van der Waals surface area contributed by atoms with Crippen molar-refractivity contribution in [2.75, 3.05) is 0 Å². The maximum atomic E-state index is 11.3. The number of halogens is 1. The Morgan fingerprint density at radius 2 is 2.33 bits per heavy atom. The molecule has 0 saturated heterocycles. The lowest BCUT2D eigenvalue weighted by Crippen LogP contribution is -2.32. The minimum Gasteiger partial charge on any atom is -0.444 e. The Morgan fingerprint density at radius 1 is 1.67 bits per heavy atom. The third kappa shape index (κ3) is 4.83. The predicted octanol–water partition coefficient (Wildman–Crippen LogP) is 2.20. The van der Waals surface area contributed by atoms with E-state index in [0.29, 0.717) is 12.4 Å². The van der Waals surface area contributed by atoms with E-state index in [9.17, 15) is 4.79 Å². The van der Waals surface area contributed by atoms with Gasteiger partial charge in [0.15, 0.2) is 0 Å². The van der Waals surface area contributed by atoms with Gasteiger partial charge < -0.3 is 15.0 Å². The van der Waals surface area contributed by atoms with Crippen molar-refractivity contribution in [2.24, 2.45) is 0 Å². The van der Waals surface area contributed by atoms with Crippen LogP contribution < -0.4 is 5.32 Å². The second kappa shape index (κ2) is 4.65. The van der Waals surface area contributed by atoms with Gasteiger partial charge >= 0.3 is 6.09 Å². The van der Waals surface area contributed by atoms with Gasteiger partial charge in [0.2, 0.25) is 0 Å². The minimum absolute atomic E-state index is 0.320. The van der Waals surface area contributed by atoms with Crippen molar-refractivity contribution in [3.05, 3.63) is 16.6 Å². The summed E-state index contributed by atoms with van der Waals surface area (Å²) in [5, 5.41) is 2.59. The first-order valence-corrected chi connectivity index (χ1v) is 5.32. The van der Waals surface area contributed by atoms with Crippen LogP contribution in [-0.2, 0) is 11.3 Å². The maximum absolute atomic E-state index is 11.3. The summed E-state index contributed by atoms with van der Waals surface area (Å²) in [5.41, 5.74) is -0.478. The maximum Gasteiger partial charge on any atom is 0.408 e. The summed E-state index contributed by atoms with van der Waals surface area (Å²) < 4.78 is 5.84. The molecule has 1 aromatic heterocycles. The van der Waals surface area contributed by atoms with Gasteiger partial charge in [-0.25, -0.2) is 9.78 Å². The van der Waals surface area contributed by atoms with Crippen LogP contribution in [-0.4, -0.2) is 21.7 Å². The summed E-state index contributed by atoms with van der Waals surface area (Å²) in [6.45, 7) is 5.77. The number of hydrogen-bond acceptors (Lipinski definition) is 3. The molecule has 0 radical (unpaired) electrons. The van der Waals surface area contributed by atoms with E-state index in [2.05, 4.69) is 31.2 Å². The van der Waals surface area contributed by atoms with Gasteiger partial charge in [-0.1, -0.05) is 0 Å². The molecule has 0 aliphatic heterocycles. The summed E-state index contributed by atoms with van der Waals surface area (Å²) in [5.74, 6) is 0.674. The van der Waals surface area contributed by atoms with Crippen molar-refractivity contribution >= 4 is 22.0 Å². The summed E-state index contributed by atoms with van der Waals surface area (Å²) in [7, 11) is 0. The first-order chi connectivity index (χ1) is 6.87. The number of amides is 1. The zero-order valence-electron chi connectivity index (χ0n) is 8.93. The van der Waals surface area contributed by atoms with Gasteiger partial charge in [-0.2, -0.15) is 0 Å². The first-order valence-electron chi connectivity index (χ1n) is 4.53. The van der Waals surface area contributed by atoms with E-state index in [1.54, 1.807) is 6.20 Å². The molecule has 0 spiro atoms. The van der Waals surface area contributed by atoms with E-state index in [4.69, 9.17) is 4.74 Å². The van der Waals surface area contributed by atoms with Crippen LogP contribution in [0.15, 0.2) is 10.8 Å². The Balaban J connectivity index is 2.35. The second-order valence-electron chi connectivity index (χ2n) is 4.03. The number of carbonyl (C=O) groups is 1. The van der Waals surface area contributed by atoms with Gasteiger partial charge in [-0.15, -0.1) is 0 Å². The van der Waals surface area contributed by atoms with Gasteiger partial charge in [0.05, 0.1) is 12.7 Å². The lowest BCUT2D eigenvalue weighted by atomic mass is 10.2. The van der Waals surface area contributed by atoms with Crippen LogP contribution >= 0.6 is 15.9 Å². The van der Waals surface area contributed by atoms with Gasteiger partial charge in [-0.3, -0.25) is 0 Å². The number of carbonyl (C=O) groups excluding carboxylic acids is 1. The molecule has 1 amide bonds. The molecule has 0 aliphatic carbocycles. The topological polar surface area (TPSA) is 67.0 Å². The van der Waals surface area contributed by atoms with Crippen LogP contribution in [0.4, 0.5) is 4.79 Å². The SMILES string of the molecule is CC(C)(C)OC(=O)NCc1ncc(Br)[nH]1. The molecule has 0 saturated carbocycles. The molecule has 0 atom stereocenters. The number of imidazole rings is 1. The van der Waals surface area contributed by atoms with Gasteiger partial charge in [0.1, 0.15) is 16.0 Å².